The molecule has 0 radical (unpaired) electrons. The van der Waals surface area contributed by atoms with Crippen LogP contribution in [0, 0.1) is 3.57 Å². The molecule has 0 spiro atoms. The number of phenolic OH excluding ortho intramolecular Hbond substituents is 1. The van der Waals surface area contributed by atoms with Gasteiger partial charge in [-0.2, -0.15) is 4.98 Å². The number of phenols is 1. The zero-order valence-corrected chi connectivity index (χ0v) is 12.7. The molecule has 6 heteroatoms. The second-order valence-corrected chi connectivity index (χ2v) is 6.21. The fourth-order valence-electron chi connectivity index (χ4n) is 1.68. The van der Waals surface area contributed by atoms with Crippen LogP contribution in [0.15, 0.2) is 40.2 Å². The Labute approximate surface area is 127 Å². The van der Waals surface area contributed by atoms with Crippen molar-refractivity contribution in [3.63, 3.8) is 0 Å². The quantitative estimate of drug-likeness (QED) is 0.700. The lowest BCUT2D eigenvalue weighted by molar-refractivity contribution is 0.418. The van der Waals surface area contributed by atoms with E-state index in [0.717, 1.165) is 3.57 Å². The molecular formula is C13H9IN2O2S. The van der Waals surface area contributed by atoms with Gasteiger partial charge in [-0.05, 0) is 52.2 Å². The highest BCUT2D eigenvalue weighted by Gasteiger charge is 2.13. The summed E-state index contributed by atoms with van der Waals surface area (Å²) in [5.74, 6) is 1.12. The Balaban J connectivity index is 1.90. The van der Waals surface area contributed by atoms with Crippen LogP contribution < -0.4 is 0 Å². The molecule has 0 amide bonds. The van der Waals surface area contributed by atoms with E-state index in [4.69, 9.17) is 4.52 Å². The van der Waals surface area contributed by atoms with Crippen LogP contribution in [0.4, 0.5) is 0 Å². The van der Waals surface area contributed by atoms with Crippen molar-refractivity contribution >= 4 is 33.9 Å². The SMILES string of the molecule is Oc1ccc(I)cc1-c1nc(Cc2cccs2)no1. The molecule has 1 aromatic carbocycles. The van der Waals surface area contributed by atoms with Crippen LogP contribution in [0.25, 0.3) is 11.5 Å². The first-order valence-electron chi connectivity index (χ1n) is 5.56. The summed E-state index contributed by atoms with van der Waals surface area (Å²) < 4.78 is 6.22. The average molecular weight is 384 g/mol. The predicted molar refractivity (Wildman–Crippen MR) is 81.2 cm³/mol. The zero-order valence-electron chi connectivity index (χ0n) is 9.71. The molecule has 0 aliphatic heterocycles. The molecule has 3 rings (SSSR count). The van der Waals surface area contributed by atoms with Gasteiger partial charge in [0.25, 0.3) is 5.89 Å². The van der Waals surface area contributed by atoms with Crippen molar-refractivity contribution in [2.75, 3.05) is 0 Å². The Hall–Kier alpha value is -1.41. The van der Waals surface area contributed by atoms with E-state index in [0.29, 0.717) is 23.7 Å². The third kappa shape index (κ3) is 2.79. The second kappa shape index (κ2) is 5.30. The Morgan fingerprint density at radius 1 is 1.32 bits per heavy atom. The maximum Gasteiger partial charge on any atom is 0.261 e. The average Bonchev–Trinajstić information content (AvgIpc) is 3.04. The maximum atomic E-state index is 9.83. The first kappa shape index (κ1) is 12.6. The summed E-state index contributed by atoms with van der Waals surface area (Å²) in [7, 11) is 0. The fraction of sp³-hybridized carbons (Fsp3) is 0.0769. The molecule has 1 N–H and O–H groups in total. The minimum absolute atomic E-state index is 0.145. The highest BCUT2D eigenvalue weighted by atomic mass is 127. The summed E-state index contributed by atoms with van der Waals surface area (Å²) in [4.78, 5) is 5.50. The first-order chi connectivity index (χ1) is 9.22. The van der Waals surface area contributed by atoms with Crippen molar-refractivity contribution in [3.8, 4) is 17.2 Å². The minimum Gasteiger partial charge on any atom is -0.507 e. The van der Waals surface area contributed by atoms with Crippen molar-refractivity contribution in [1.29, 1.82) is 0 Å². The van der Waals surface area contributed by atoms with Crippen LogP contribution in [0.1, 0.15) is 10.7 Å². The standard InChI is InChI=1S/C13H9IN2O2S/c14-8-3-4-11(17)10(6-8)13-15-12(16-18-13)7-9-2-1-5-19-9/h1-6,17H,7H2. The molecule has 2 heterocycles. The minimum atomic E-state index is 0.145. The molecule has 2 aromatic heterocycles. The van der Waals surface area contributed by atoms with Gasteiger partial charge in [-0.1, -0.05) is 11.2 Å². The molecule has 0 saturated heterocycles. The van der Waals surface area contributed by atoms with Gasteiger partial charge in [0.2, 0.25) is 0 Å². The molecule has 0 bridgehead atoms. The van der Waals surface area contributed by atoms with Crippen molar-refractivity contribution in [3.05, 3.63) is 50.0 Å². The van der Waals surface area contributed by atoms with Crippen LogP contribution in [-0.2, 0) is 6.42 Å². The molecule has 0 aliphatic rings. The summed E-state index contributed by atoms with van der Waals surface area (Å²) in [6.45, 7) is 0. The molecule has 0 aliphatic carbocycles. The zero-order chi connectivity index (χ0) is 13.2. The normalized spacial score (nSPS) is 10.8. The van der Waals surface area contributed by atoms with Gasteiger partial charge in [0.05, 0.1) is 5.56 Å². The number of aromatic hydroxyl groups is 1. The third-order valence-corrected chi connectivity index (χ3v) is 4.12. The van der Waals surface area contributed by atoms with Gasteiger partial charge < -0.3 is 9.63 Å². The molecule has 0 fully saturated rings. The predicted octanol–water partition coefficient (Wildman–Crippen LogP) is 3.70. The van der Waals surface area contributed by atoms with Crippen LogP contribution in [-0.4, -0.2) is 15.2 Å². The summed E-state index contributed by atoms with van der Waals surface area (Å²) in [5, 5.41) is 15.8. The van der Waals surface area contributed by atoms with E-state index in [-0.39, 0.29) is 5.75 Å². The van der Waals surface area contributed by atoms with Gasteiger partial charge >= 0.3 is 0 Å². The van der Waals surface area contributed by atoms with Gasteiger partial charge in [0.1, 0.15) is 5.75 Å². The number of halogens is 1. The van der Waals surface area contributed by atoms with Gasteiger partial charge in [0, 0.05) is 14.9 Å². The number of thiophene rings is 1. The Morgan fingerprint density at radius 3 is 3.00 bits per heavy atom. The lowest BCUT2D eigenvalue weighted by atomic mass is 10.2. The molecule has 4 nitrogen and oxygen atoms in total. The maximum absolute atomic E-state index is 9.83. The third-order valence-electron chi connectivity index (χ3n) is 2.57. The lowest BCUT2D eigenvalue weighted by Crippen LogP contribution is -1.87. The molecule has 0 atom stereocenters. The van der Waals surface area contributed by atoms with Gasteiger partial charge in [-0.15, -0.1) is 11.3 Å². The molecule has 3 aromatic rings. The number of aromatic nitrogens is 2. The summed E-state index contributed by atoms with van der Waals surface area (Å²) >= 11 is 3.83. The van der Waals surface area contributed by atoms with Crippen LogP contribution in [0.3, 0.4) is 0 Å². The summed E-state index contributed by atoms with van der Waals surface area (Å²) in [5.41, 5.74) is 0.567. The van der Waals surface area contributed by atoms with Crippen molar-refractivity contribution in [2.45, 2.75) is 6.42 Å². The van der Waals surface area contributed by atoms with E-state index in [1.807, 2.05) is 29.6 Å². The highest BCUT2D eigenvalue weighted by Crippen LogP contribution is 2.29. The first-order valence-corrected chi connectivity index (χ1v) is 7.52. The molecule has 19 heavy (non-hydrogen) atoms. The Morgan fingerprint density at radius 2 is 2.21 bits per heavy atom. The number of hydrogen-bond acceptors (Lipinski definition) is 5. The van der Waals surface area contributed by atoms with Gasteiger partial charge in [-0.25, -0.2) is 0 Å². The lowest BCUT2D eigenvalue weighted by Gasteiger charge is -1.99. The van der Waals surface area contributed by atoms with Crippen LogP contribution >= 0.6 is 33.9 Å². The molecular weight excluding hydrogens is 375 g/mol. The smallest absolute Gasteiger partial charge is 0.261 e. The van der Waals surface area contributed by atoms with Crippen molar-refractivity contribution in [1.82, 2.24) is 10.1 Å². The monoisotopic (exact) mass is 384 g/mol. The number of hydrogen-bond donors (Lipinski definition) is 1. The number of rotatable bonds is 3. The van der Waals surface area contributed by atoms with Crippen molar-refractivity contribution in [2.24, 2.45) is 0 Å². The van der Waals surface area contributed by atoms with Crippen LogP contribution in [0.2, 0.25) is 0 Å². The molecule has 0 unspecified atom stereocenters. The molecule has 96 valence electrons. The molecule has 0 saturated carbocycles. The van der Waals surface area contributed by atoms with E-state index in [1.54, 1.807) is 17.4 Å². The highest BCUT2D eigenvalue weighted by molar-refractivity contribution is 14.1. The van der Waals surface area contributed by atoms with E-state index in [1.165, 1.54) is 4.88 Å². The number of benzene rings is 1. The van der Waals surface area contributed by atoms with E-state index >= 15 is 0 Å². The number of nitrogens with zero attached hydrogens (tertiary/aromatic N) is 2. The van der Waals surface area contributed by atoms with Crippen molar-refractivity contribution < 1.29 is 9.63 Å². The van der Waals surface area contributed by atoms with Gasteiger partial charge in [-0.3, -0.25) is 0 Å². The fourth-order valence-corrected chi connectivity index (χ4v) is 2.88. The Bertz CT molecular complexity index is 694. The second-order valence-electron chi connectivity index (χ2n) is 3.93. The van der Waals surface area contributed by atoms with E-state index in [9.17, 15) is 5.11 Å². The summed E-state index contributed by atoms with van der Waals surface area (Å²) in [6, 6.07) is 9.29. The summed E-state index contributed by atoms with van der Waals surface area (Å²) in [6.07, 6.45) is 0.645. The van der Waals surface area contributed by atoms with E-state index in [2.05, 4.69) is 32.7 Å². The Kier molecular flexibility index (Phi) is 3.52. The largest absolute Gasteiger partial charge is 0.507 e. The van der Waals surface area contributed by atoms with E-state index < -0.39 is 0 Å². The van der Waals surface area contributed by atoms with Crippen LogP contribution in [0.5, 0.6) is 5.75 Å². The van der Waals surface area contributed by atoms with Gasteiger partial charge in [0.15, 0.2) is 5.82 Å². The topological polar surface area (TPSA) is 59.2 Å².